The Balaban J connectivity index is 7.24. The van der Waals surface area contributed by atoms with E-state index in [1.54, 1.807) is 0 Å². The molecule has 0 radical (unpaired) electrons. The number of ether oxygens (including phenoxy) is 1. The van der Waals surface area contributed by atoms with E-state index >= 15 is 0 Å². The van der Waals surface area contributed by atoms with Crippen molar-refractivity contribution in [2.75, 3.05) is 0 Å². The van der Waals surface area contributed by atoms with Gasteiger partial charge in [-0.2, -0.15) is 113 Å². The lowest BCUT2D eigenvalue weighted by molar-refractivity contribution is -0.505. The van der Waals surface area contributed by atoms with Crippen molar-refractivity contribution in [3.8, 4) is 0 Å². The Hall–Kier alpha value is -1.83. The summed E-state index contributed by atoms with van der Waals surface area (Å²) in [6.45, 7) is 0. The Morgan fingerprint density at radius 2 is 0.705 bits per heavy atom. The number of hydrogen-bond donors (Lipinski definition) is 2. The van der Waals surface area contributed by atoms with Gasteiger partial charge in [0.1, 0.15) is 0 Å². The predicted molar refractivity (Wildman–Crippen MR) is 83.5 cm³/mol. The second-order valence-corrected chi connectivity index (χ2v) is 10.6. The molecule has 0 aliphatic carbocycles. The van der Waals surface area contributed by atoms with E-state index in [0.29, 0.717) is 0 Å². The largest absolute Gasteiger partial charge is 0.460 e. The fourth-order valence-electron chi connectivity index (χ4n) is 2.12. The summed E-state index contributed by atoms with van der Waals surface area (Å²) in [5, 5.41) is -15.2. The summed E-state index contributed by atoms with van der Waals surface area (Å²) in [4.78, 5) is 0. The average Bonchev–Trinajstić information content (AvgIpc) is 2.74. The van der Waals surface area contributed by atoms with Crippen molar-refractivity contribution in [3.05, 3.63) is 0 Å². The molecule has 0 aromatic rings. The third-order valence-electron chi connectivity index (χ3n) is 4.63. The summed E-state index contributed by atoms with van der Waals surface area (Å²) >= 11 is 0. The topological polar surface area (TPSA) is 118 Å². The van der Waals surface area contributed by atoms with Crippen LogP contribution in [-0.4, -0.2) is 96.3 Å². The minimum absolute atomic E-state index is 0.950. The highest BCUT2D eigenvalue weighted by Gasteiger charge is 2.96. The zero-order chi connectivity index (χ0) is 36.8. The van der Waals surface area contributed by atoms with Gasteiger partial charge in [0.15, 0.2) is 0 Å². The first kappa shape index (κ1) is 42.2. The summed E-state index contributed by atoms with van der Waals surface area (Å²) in [6.07, 6.45) is -23.7. The van der Waals surface area contributed by atoms with E-state index < -0.39 is 90.6 Å². The molecule has 1 atom stereocenters. The number of rotatable bonds is 14. The van der Waals surface area contributed by atoms with Crippen molar-refractivity contribution in [1.29, 1.82) is 0 Å². The molecule has 44 heavy (non-hydrogen) atoms. The number of halogens is 23. The predicted octanol–water partition coefficient (Wildman–Crippen LogP) is 5.94. The molecule has 0 spiro atoms. The molecule has 0 saturated carbocycles. The molecule has 0 aromatic carbocycles. The van der Waals surface area contributed by atoms with E-state index in [4.69, 9.17) is 9.11 Å². The van der Waals surface area contributed by atoms with Crippen LogP contribution >= 0.6 is 0 Å². The van der Waals surface area contributed by atoms with Crippen LogP contribution in [0, 0.1) is 0 Å². The van der Waals surface area contributed by atoms with E-state index in [2.05, 4.69) is 0 Å². The van der Waals surface area contributed by atoms with Gasteiger partial charge in [0, 0.05) is 0 Å². The van der Waals surface area contributed by atoms with Gasteiger partial charge in [0.05, 0.1) is 0 Å². The van der Waals surface area contributed by atoms with Crippen LogP contribution in [-0.2, 0) is 25.0 Å². The first-order chi connectivity index (χ1) is 18.4. The van der Waals surface area contributed by atoms with Crippen molar-refractivity contribution in [1.82, 2.24) is 0 Å². The maximum atomic E-state index is 13.6. The summed E-state index contributed by atoms with van der Waals surface area (Å²) in [6, 6.07) is 0. The Morgan fingerprint density at radius 1 is 0.432 bits per heavy atom. The van der Waals surface area contributed by atoms with Gasteiger partial charge in [-0.3, -0.25) is 9.11 Å². The highest BCUT2D eigenvalue weighted by molar-refractivity contribution is 7.87. The lowest BCUT2D eigenvalue weighted by Gasteiger charge is -2.44. The third-order valence-corrected chi connectivity index (χ3v) is 6.41. The molecule has 0 aliphatic heterocycles. The summed E-state index contributed by atoms with van der Waals surface area (Å²) in [5.74, 6) is -65.1. The molecule has 0 aromatic heterocycles. The van der Waals surface area contributed by atoms with Crippen LogP contribution in [0.4, 0.5) is 101 Å². The smallest absolute Gasteiger partial charge is 0.281 e. The van der Waals surface area contributed by atoms with Crippen LogP contribution in [0.2, 0.25) is 0 Å². The standard InChI is InChI=1S/C12H3F23O7S2/c13-1(3(16,17)43(36,37)38)2(14,15)4(18,19)5(20,21)6(22,23)7(24,25)8(26,27)9(28,29)10(30,31)42-11(32,33)12(34,35)44(39,40)41/h1H,(H,36,37,38)(H,39,40,41). The van der Waals surface area contributed by atoms with E-state index in [9.17, 15) is 118 Å². The third kappa shape index (κ3) is 5.47. The molecule has 7 nitrogen and oxygen atoms in total. The van der Waals surface area contributed by atoms with Gasteiger partial charge in [0.2, 0.25) is 0 Å². The molecule has 0 amide bonds. The van der Waals surface area contributed by atoms with Gasteiger partial charge in [0.25, 0.3) is 6.17 Å². The molecular formula is C12H3F23O7S2. The lowest BCUT2D eigenvalue weighted by Crippen LogP contribution is -2.76. The Bertz CT molecular complexity index is 1300. The van der Waals surface area contributed by atoms with Gasteiger partial charge in [-0.05, 0) is 0 Å². The van der Waals surface area contributed by atoms with Crippen LogP contribution in [0.1, 0.15) is 0 Å². The molecule has 1 unspecified atom stereocenters. The van der Waals surface area contributed by atoms with Crippen molar-refractivity contribution < 1.29 is 132 Å². The van der Waals surface area contributed by atoms with E-state index in [1.165, 1.54) is 0 Å². The molecule has 2 N–H and O–H groups in total. The summed E-state index contributed by atoms with van der Waals surface area (Å²) in [7, 11) is -15.7. The minimum Gasteiger partial charge on any atom is -0.281 e. The summed E-state index contributed by atoms with van der Waals surface area (Å²) in [5.41, 5.74) is 0. The molecule has 0 bridgehead atoms. The number of hydrogen-bond acceptors (Lipinski definition) is 5. The van der Waals surface area contributed by atoms with Crippen LogP contribution < -0.4 is 0 Å². The second kappa shape index (κ2) is 10.3. The monoisotopic (exact) mass is 760 g/mol. The SMILES string of the molecule is O=S(=O)(O)C(F)(F)C(F)C(F)(F)C(F)(F)C(F)(F)C(F)(F)C(F)(F)C(F)(F)C(F)(F)C(F)(F)OC(F)(F)C(F)(F)S(=O)(=O)O. The maximum Gasteiger partial charge on any atom is 0.460 e. The van der Waals surface area contributed by atoms with Gasteiger partial charge < -0.3 is 0 Å². The van der Waals surface area contributed by atoms with Crippen LogP contribution in [0.25, 0.3) is 0 Å². The van der Waals surface area contributed by atoms with Crippen LogP contribution in [0.15, 0.2) is 0 Å². The normalized spacial score (nSPS) is 17.6. The van der Waals surface area contributed by atoms with Gasteiger partial charge in [-0.15, -0.1) is 0 Å². The van der Waals surface area contributed by atoms with E-state index in [-0.39, 0.29) is 0 Å². The second-order valence-electron chi connectivity index (χ2n) is 7.60. The lowest BCUT2D eigenvalue weighted by atomic mass is 9.88. The van der Waals surface area contributed by atoms with Gasteiger partial charge in [-0.25, -0.2) is 9.13 Å². The van der Waals surface area contributed by atoms with Crippen molar-refractivity contribution >= 4 is 20.2 Å². The molecule has 32 heteroatoms. The Kier molecular flexibility index (Phi) is 9.91. The van der Waals surface area contributed by atoms with E-state index in [0.717, 1.165) is 4.74 Å². The molecular weight excluding hydrogens is 757 g/mol. The Labute approximate surface area is 223 Å². The molecule has 0 heterocycles. The molecule has 266 valence electrons. The molecule has 0 aliphatic rings. The Morgan fingerprint density at radius 3 is 0.977 bits per heavy atom. The van der Waals surface area contributed by atoms with Crippen molar-refractivity contribution in [3.63, 3.8) is 0 Å². The zero-order valence-corrected chi connectivity index (χ0v) is 20.2. The quantitative estimate of drug-likeness (QED) is 0.167. The minimum atomic E-state index is -9.59. The fraction of sp³-hybridized carbons (Fsp3) is 1.00. The van der Waals surface area contributed by atoms with Gasteiger partial charge in [-0.1, -0.05) is 0 Å². The molecule has 0 rings (SSSR count). The first-order valence-corrected chi connectivity index (χ1v) is 11.7. The first-order valence-electron chi connectivity index (χ1n) is 8.80. The van der Waals surface area contributed by atoms with Gasteiger partial charge >= 0.3 is 84.4 Å². The maximum absolute atomic E-state index is 13.6. The van der Waals surface area contributed by atoms with Crippen LogP contribution in [0.3, 0.4) is 0 Å². The average molecular weight is 760 g/mol. The number of alkyl halides is 23. The zero-order valence-electron chi connectivity index (χ0n) is 18.5. The fourth-order valence-corrected chi connectivity index (χ4v) is 2.87. The molecule has 0 saturated heterocycles. The van der Waals surface area contributed by atoms with Crippen molar-refractivity contribution in [2.24, 2.45) is 0 Å². The summed E-state index contributed by atoms with van der Waals surface area (Å²) < 4.78 is 364. The highest BCUT2D eigenvalue weighted by Crippen LogP contribution is 2.65. The van der Waals surface area contributed by atoms with Crippen LogP contribution in [0.5, 0.6) is 0 Å². The highest BCUT2D eigenvalue weighted by atomic mass is 32.2. The van der Waals surface area contributed by atoms with E-state index in [1.807, 2.05) is 0 Å². The molecule has 0 fully saturated rings. The van der Waals surface area contributed by atoms with Crippen molar-refractivity contribution in [2.45, 2.75) is 70.4 Å².